The molecule has 2 saturated heterocycles. The molecule has 5 rings (SSSR count). The zero-order valence-corrected chi connectivity index (χ0v) is 19.4. The molecular formula is C25H33FN6O. The molecule has 1 aromatic carbocycles. The van der Waals surface area contributed by atoms with Crippen LogP contribution >= 0.6 is 0 Å². The summed E-state index contributed by atoms with van der Waals surface area (Å²) >= 11 is 0. The van der Waals surface area contributed by atoms with Crippen LogP contribution in [0.2, 0.25) is 0 Å². The predicted molar refractivity (Wildman–Crippen MR) is 126 cm³/mol. The number of carbonyl (C=O) groups excluding carboxylic acids is 1. The second kappa shape index (κ2) is 9.35. The Morgan fingerprint density at radius 3 is 2.73 bits per heavy atom. The number of likely N-dealkylation sites (tertiary alicyclic amines) is 1. The van der Waals surface area contributed by atoms with Crippen LogP contribution in [0.25, 0.3) is 11.1 Å². The standard InChI is InChI=1S/C25H33FN6O/c1-31(2)25-27-14-19(17-9-3-5-11-20(17)26)22(28-25)16-8-7-13-32(15-16)24(33)23-18-10-4-6-12-21(18)29-30-23/h3,5,9,11,14,16,18,21,23,29-30H,4,6-8,10,12-13,15H2,1-2H3. The number of fused-ring (bicyclic) bond motifs is 1. The molecule has 3 fully saturated rings. The van der Waals surface area contributed by atoms with Gasteiger partial charge in [0, 0.05) is 62.4 Å². The van der Waals surface area contributed by atoms with Gasteiger partial charge < -0.3 is 9.80 Å². The van der Waals surface area contributed by atoms with Gasteiger partial charge in [-0.25, -0.2) is 19.8 Å². The van der Waals surface area contributed by atoms with Gasteiger partial charge in [0.2, 0.25) is 11.9 Å². The topological polar surface area (TPSA) is 73.4 Å². The Bertz CT molecular complexity index is 1010. The smallest absolute Gasteiger partial charge is 0.241 e. The number of piperidine rings is 1. The Balaban J connectivity index is 1.42. The number of aromatic nitrogens is 2. The van der Waals surface area contributed by atoms with E-state index in [0.717, 1.165) is 37.9 Å². The quantitative estimate of drug-likeness (QED) is 0.743. The summed E-state index contributed by atoms with van der Waals surface area (Å²) in [6.45, 7) is 1.35. The highest BCUT2D eigenvalue weighted by atomic mass is 19.1. The number of benzene rings is 1. The maximum atomic E-state index is 14.7. The summed E-state index contributed by atoms with van der Waals surface area (Å²) < 4.78 is 14.7. The minimum atomic E-state index is -0.284. The van der Waals surface area contributed by atoms with Crippen LogP contribution in [0, 0.1) is 11.7 Å². The van der Waals surface area contributed by atoms with Crippen molar-refractivity contribution in [1.29, 1.82) is 0 Å². The van der Waals surface area contributed by atoms with E-state index < -0.39 is 0 Å². The summed E-state index contributed by atoms with van der Waals surface area (Å²) in [7, 11) is 3.80. The van der Waals surface area contributed by atoms with E-state index in [1.165, 1.54) is 18.9 Å². The Morgan fingerprint density at radius 2 is 1.91 bits per heavy atom. The van der Waals surface area contributed by atoms with Crippen molar-refractivity contribution in [3.05, 3.63) is 42.0 Å². The number of hydrogen-bond acceptors (Lipinski definition) is 6. The van der Waals surface area contributed by atoms with Crippen molar-refractivity contribution in [2.24, 2.45) is 5.92 Å². The number of hydrazine groups is 1. The lowest BCUT2D eigenvalue weighted by Gasteiger charge is -2.36. The molecule has 2 aromatic rings. The first-order chi connectivity index (χ1) is 16.0. The summed E-state index contributed by atoms with van der Waals surface area (Å²) in [6.07, 6.45) is 8.19. The van der Waals surface area contributed by atoms with Crippen LogP contribution in [0.3, 0.4) is 0 Å². The fraction of sp³-hybridized carbons (Fsp3) is 0.560. The zero-order valence-electron chi connectivity index (χ0n) is 19.4. The molecule has 4 atom stereocenters. The summed E-state index contributed by atoms with van der Waals surface area (Å²) in [5.74, 6) is 0.889. The van der Waals surface area contributed by atoms with E-state index in [-0.39, 0.29) is 23.7 Å². The Kier molecular flexibility index (Phi) is 6.29. The second-order valence-electron chi connectivity index (χ2n) is 9.79. The fourth-order valence-corrected chi connectivity index (χ4v) is 5.68. The Morgan fingerprint density at radius 1 is 1.09 bits per heavy atom. The molecule has 7 nitrogen and oxygen atoms in total. The molecular weight excluding hydrogens is 419 g/mol. The van der Waals surface area contributed by atoms with Crippen LogP contribution in [-0.4, -0.2) is 60.0 Å². The molecule has 176 valence electrons. The van der Waals surface area contributed by atoms with Gasteiger partial charge in [-0.05, 0) is 31.7 Å². The van der Waals surface area contributed by atoms with Crippen molar-refractivity contribution in [1.82, 2.24) is 25.7 Å². The molecule has 0 spiro atoms. The van der Waals surface area contributed by atoms with Crippen molar-refractivity contribution in [3.63, 3.8) is 0 Å². The first-order valence-corrected chi connectivity index (χ1v) is 12.1. The van der Waals surface area contributed by atoms with Crippen molar-refractivity contribution in [3.8, 4) is 11.1 Å². The van der Waals surface area contributed by atoms with Gasteiger partial charge in [0.1, 0.15) is 11.9 Å². The van der Waals surface area contributed by atoms with Crippen LogP contribution in [0.5, 0.6) is 0 Å². The molecule has 33 heavy (non-hydrogen) atoms. The number of rotatable bonds is 4. The molecule has 1 aromatic heterocycles. The van der Waals surface area contributed by atoms with Crippen LogP contribution in [0.1, 0.15) is 50.1 Å². The number of nitrogens with one attached hydrogen (secondary N) is 2. The summed E-state index contributed by atoms with van der Waals surface area (Å²) in [5, 5.41) is 0. The largest absolute Gasteiger partial charge is 0.347 e. The number of halogens is 1. The first-order valence-electron chi connectivity index (χ1n) is 12.1. The average molecular weight is 453 g/mol. The summed E-state index contributed by atoms with van der Waals surface area (Å²) in [5.41, 5.74) is 8.70. The number of nitrogens with zero attached hydrogens (tertiary/aromatic N) is 4. The highest BCUT2D eigenvalue weighted by molar-refractivity contribution is 5.83. The molecule has 1 saturated carbocycles. The van der Waals surface area contributed by atoms with Crippen LogP contribution in [-0.2, 0) is 4.79 Å². The third-order valence-electron chi connectivity index (χ3n) is 7.43. The van der Waals surface area contributed by atoms with Crippen LogP contribution in [0.4, 0.5) is 10.3 Å². The van der Waals surface area contributed by atoms with Gasteiger partial charge in [0.05, 0.1) is 5.69 Å². The van der Waals surface area contributed by atoms with Gasteiger partial charge in [-0.15, -0.1) is 0 Å². The predicted octanol–water partition coefficient (Wildman–Crippen LogP) is 3.09. The van der Waals surface area contributed by atoms with E-state index in [0.29, 0.717) is 35.6 Å². The maximum absolute atomic E-state index is 14.7. The lowest BCUT2D eigenvalue weighted by Crippen LogP contribution is -2.50. The highest BCUT2D eigenvalue weighted by Gasteiger charge is 2.43. The lowest BCUT2D eigenvalue weighted by atomic mass is 9.81. The van der Waals surface area contributed by atoms with Gasteiger partial charge in [-0.3, -0.25) is 10.2 Å². The van der Waals surface area contributed by atoms with Crippen molar-refractivity contribution >= 4 is 11.9 Å². The van der Waals surface area contributed by atoms with Crippen molar-refractivity contribution < 1.29 is 9.18 Å². The lowest BCUT2D eigenvalue weighted by molar-refractivity contribution is -0.135. The molecule has 1 amide bonds. The first kappa shape index (κ1) is 22.2. The zero-order chi connectivity index (χ0) is 22.9. The minimum Gasteiger partial charge on any atom is -0.347 e. The van der Waals surface area contributed by atoms with Crippen LogP contribution < -0.4 is 15.8 Å². The van der Waals surface area contributed by atoms with E-state index in [1.807, 2.05) is 30.0 Å². The molecule has 1 aliphatic carbocycles. The van der Waals surface area contributed by atoms with E-state index >= 15 is 0 Å². The molecule has 2 aliphatic heterocycles. The highest BCUT2D eigenvalue weighted by Crippen LogP contribution is 2.36. The van der Waals surface area contributed by atoms with Gasteiger partial charge in [-0.2, -0.15) is 0 Å². The monoisotopic (exact) mass is 452 g/mol. The van der Waals surface area contributed by atoms with Crippen LogP contribution in [0.15, 0.2) is 30.5 Å². The minimum absolute atomic E-state index is 0.0375. The normalized spacial score (nSPS) is 27.3. The molecule has 3 heterocycles. The third-order valence-corrected chi connectivity index (χ3v) is 7.43. The molecule has 8 heteroatoms. The number of anilines is 1. The number of carbonyl (C=O) groups is 1. The SMILES string of the molecule is CN(C)c1ncc(-c2ccccc2F)c(C2CCCN(C(=O)C3NNC4CCCCC43)C2)n1. The second-order valence-corrected chi connectivity index (χ2v) is 9.79. The Labute approximate surface area is 194 Å². The van der Waals surface area contributed by atoms with Crippen molar-refractivity contribution in [2.45, 2.75) is 56.5 Å². The molecule has 0 radical (unpaired) electrons. The van der Waals surface area contributed by atoms with E-state index in [9.17, 15) is 9.18 Å². The number of amides is 1. The molecule has 0 bridgehead atoms. The van der Waals surface area contributed by atoms with Gasteiger partial charge in [0.15, 0.2) is 0 Å². The van der Waals surface area contributed by atoms with E-state index in [2.05, 4.69) is 15.8 Å². The average Bonchev–Trinajstić information content (AvgIpc) is 3.28. The summed E-state index contributed by atoms with van der Waals surface area (Å²) in [6, 6.07) is 6.99. The fourth-order valence-electron chi connectivity index (χ4n) is 5.68. The summed E-state index contributed by atoms with van der Waals surface area (Å²) in [4.78, 5) is 26.7. The van der Waals surface area contributed by atoms with E-state index in [1.54, 1.807) is 18.3 Å². The maximum Gasteiger partial charge on any atom is 0.241 e. The van der Waals surface area contributed by atoms with Gasteiger partial charge in [0.25, 0.3) is 0 Å². The Hall–Kier alpha value is -2.58. The van der Waals surface area contributed by atoms with Gasteiger partial charge >= 0.3 is 0 Å². The van der Waals surface area contributed by atoms with Crippen molar-refractivity contribution in [2.75, 3.05) is 32.1 Å². The van der Waals surface area contributed by atoms with Gasteiger partial charge in [-0.1, -0.05) is 31.0 Å². The molecule has 3 aliphatic rings. The number of hydrogen-bond donors (Lipinski definition) is 2. The molecule has 4 unspecified atom stereocenters. The van der Waals surface area contributed by atoms with E-state index in [4.69, 9.17) is 4.98 Å². The molecule has 2 N–H and O–H groups in total. The third kappa shape index (κ3) is 4.34.